The minimum Gasteiger partial charge on any atom is -0.493 e. The van der Waals surface area contributed by atoms with Gasteiger partial charge in [0.25, 0.3) is 5.91 Å². The van der Waals surface area contributed by atoms with Crippen LogP contribution < -0.4 is 24.3 Å². The molecule has 0 bridgehead atoms. The van der Waals surface area contributed by atoms with Crippen LogP contribution in [0.15, 0.2) is 30.3 Å². The number of nitrogens with one attached hydrogen (secondary N) is 1. The standard InChI is InChI=1S/C21H27NO5/c1-13-7-8-17(14(2)9-13)27-15(3)21(23)22-12-16-10-18(24-4)20(26-6)19(11-16)25-5/h7-11,15H,12H2,1-6H3,(H,22,23)/t15-/m1/s1. The Morgan fingerprint density at radius 2 is 1.59 bits per heavy atom. The first-order valence-corrected chi connectivity index (χ1v) is 8.70. The molecule has 1 atom stereocenters. The molecule has 0 radical (unpaired) electrons. The summed E-state index contributed by atoms with van der Waals surface area (Å²) in [7, 11) is 4.66. The monoisotopic (exact) mass is 373 g/mol. The van der Waals surface area contributed by atoms with Crippen LogP contribution in [0.4, 0.5) is 0 Å². The molecule has 1 amide bonds. The molecule has 1 N–H and O–H groups in total. The Morgan fingerprint density at radius 3 is 2.11 bits per heavy atom. The molecule has 0 saturated heterocycles. The van der Waals surface area contributed by atoms with Gasteiger partial charge in [0.1, 0.15) is 5.75 Å². The summed E-state index contributed by atoms with van der Waals surface area (Å²) < 4.78 is 21.8. The molecule has 0 fully saturated rings. The maximum absolute atomic E-state index is 12.4. The van der Waals surface area contributed by atoms with Gasteiger partial charge in [-0.1, -0.05) is 17.7 Å². The van der Waals surface area contributed by atoms with Crippen molar-refractivity contribution in [1.82, 2.24) is 5.32 Å². The van der Waals surface area contributed by atoms with Crippen molar-refractivity contribution in [2.24, 2.45) is 0 Å². The van der Waals surface area contributed by atoms with Gasteiger partial charge in [0.05, 0.1) is 21.3 Å². The zero-order valence-corrected chi connectivity index (χ0v) is 16.7. The summed E-state index contributed by atoms with van der Waals surface area (Å²) in [6.07, 6.45) is -0.617. The average molecular weight is 373 g/mol. The number of rotatable bonds is 8. The van der Waals surface area contributed by atoms with Crippen LogP contribution in [0.1, 0.15) is 23.6 Å². The van der Waals surface area contributed by atoms with Crippen LogP contribution in [0.2, 0.25) is 0 Å². The minimum atomic E-state index is -0.617. The van der Waals surface area contributed by atoms with E-state index in [1.54, 1.807) is 40.4 Å². The highest BCUT2D eigenvalue weighted by Crippen LogP contribution is 2.38. The summed E-state index contributed by atoms with van der Waals surface area (Å²) in [5.41, 5.74) is 2.98. The largest absolute Gasteiger partial charge is 0.493 e. The molecule has 0 saturated carbocycles. The Morgan fingerprint density at radius 1 is 0.963 bits per heavy atom. The predicted octanol–water partition coefficient (Wildman–Crippen LogP) is 3.41. The lowest BCUT2D eigenvalue weighted by Crippen LogP contribution is -2.36. The molecule has 0 heterocycles. The molecule has 27 heavy (non-hydrogen) atoms. The number of ether oxygens (including phenoxy) is 4. The van der Waals surface area contributed by atoms with Crippen molar-refractivity contribution in [3.05, 3.63) is 47.0 Å². The highest BCUT2D eigenvalue weighted by atomic mass is 16.5. The fraction of sp³-hybridized carbons (Fsp3) is 0.381. The topological polar surface area (TPSA) is 66.0 Å². The number of methoxy groups -OCH3 is 3. The van der Waals surface area contributed by atoms with E-state index in [0.717, 1.165) is 16.7 Å². The third-order valence-corrected chi connectivity index (χ3v) is 4.19. The molecule has 0 aliphatic heterocycles. The van der Waals surface area contributed by atoms with E-state index in [2.05, 4.69) is 5.32 Å². The van der Waals surface area contributed by atoms with Crippen LogP contribution in [0.25, 0.3) is 0 Å². The summed E-state index contributed by atoms with van der Waals surface area (Å²) in [5, 5.41) is 2.87. The van der Waals surface area contributed by atoms with E-state index in [9.17, 15) is 4.79 Å². The smallest absolute Gasteiger partial charge is 0.261 e. The van der Waals surface area contributed by atoms with E-state index >= 15 is 0 Å². The normalized spacial score (nSPS) is 11.5. The fourth-order valence-electron chi connectivity index (χ4n) is 2.75. The van der Waals surface area contributed by atoms with Crippen LogP contribution in [-0.4, -0.2) is 33.3 Å². The lowest BCUT2D eigenvalue weighted by Gasteiger charge is -2.17. The zero-order chi connectivity index (χ0) is 20.0. The molecule has 0 unspecified atom stereocenters. The van der Waals surface area contributed by atoms with Gasteiger partial charge in [0, 0.05) is 6.54 Å². The van der Waals surface area contributed by atoms with Crippen LogP contribution in [0.3, 0.4) is 0 Å². The molecule has 6 heteroatoms. The second-order valence-electron chi connectivity index (χ2n) is 6.28. The van der Waals surface area contributed by atoms with Gasteiger partial charge >= 0.3 is 0 Å². The Kier molecular flexibility index (Phi) is 6.93. The highest BCUT2D eigenvalue weighted by Gasteiger charge is 2.17. The summed E-state index contributed by atoms with van der Waals surface area (Å²) in [4.78, 5) is 12.4. The van der Waals surface area contributed by atoms with E-state index in [0.29, 0.717) is 29.5 Å². The first-order valence-electron chi connectivity index (χ1n) is 8.70. The summed E-state index contributed by atoms with van der Waals surface area (Å²) in [6, 6.07) is 9.47. The fourth-order valence-corrected chi connectivity index (χ4v) is 2.75. The minimum absolute atomic E-state index is 0.205. The zero-order valence-electron chi connectivity index (χ0n) is 16.7. The van der Waals surface area contributed by atoms with Crippen molar-refractivity contribution in [1.29, 1.82) is 0 Å². The van der Waals surface area contributed by atoms with Gasteiger partial charge in [0.2, 0.25) is 5.75 Å². The third kappa shape index (κ3) is 5.06. The van der Waals surface area contributed by atoms with Crippen LogP contribution in [0, 0.1) is 13.8 Å². The summed E-state index contributed by atoms with van der Waals surface area (Å²) in [6.45, 7) is 6.02. The quantitative estimate of drug-likeness (QED) is 0.768. The van der Waals surface area contributed by atoms with Gasteiger partial charge in [0.15, 0.2) is 17.6 Å². The maximum atomic E-state index is 12.4. The molecule has 0 aromatic heterocycles. The van der Waals surface area contributed by atoms with Crippen molar-refractivity contribution in [2.75, 3.05) is 21.3 Å². The van der Waals surface area contributed by atoms with Gasteiger partial charge in [-0.25, -0.2) is 0 Å². The second-order valence-corrected chi connectivity index (χ2v) is 6.28. The molecule has 0 spiro atoms. The second kappa shape index (κ2) is 9.16. The lowest BCUT2D eigenvalue weighted by molar-refractivity contribution is -0.127. The van der Waals surface area contributed by atoms with Crippen LogP contribution in [0.5, 0.6) is 23.0 Å². The van der Waals surface area contributed by atoms with E-state index in [1.165, 1.54) is 0 Å². The molecular formula is C21H27NO5. The Hall–Kier alpha value is -2.89. The Balaban J connectivity index is 2.04. The van der Waals surface area contributed by atoms with Gasteiger partial charge in [-0.2, -0.15) is 0 Å². The van der Waals surface area contributed by atoms with Crippen LogP contribution >= 0.6 is 0 Å². The van der Waals surface area contributed by atoms with Gasteiger partial charge in [-0.15, -0.1) is 0 Å². The summed E-state index contributed by atoms with van der Waals surface area (Å²) >= 11 is 0. The van der Waals surface area contributed by atoms with Crippen molar-refractivity contribution >= 4 is 5.91 Å². The molecule has 6 nitrogen and oxygen atoms in total. The number of carbonyl (C=O) groups is 1. The van der Waals surface area contributed by atoms with Gasteiger partial charge < -0.3 is 24.3 Å². The number of amides is 1. The maximum Gasteiger partial charge on any atom is 0.261 e. The van der Waals surface area contributed by atoms with E-state index in [1.807, 2.05) is 32.0 Å². The van der Waals surface area contributed by atoms with Crippen molar-refractivity contribution in [2.45, 2.75) is 33.4 Å². The Labute approximate surface area is 160 Å². The Bertz CT molecular complexity index is 778. The van der Waals surface area contributed by atoms with Gasteiger partial charge in [-0.05, 0) is 50.1 Å². The summed E-state index contributed by atoms with van der Waals surface area (Å²) in [5.74, 6) is 2.10. The molecule has 146 valence electrons. The van der Waals surface area contributed by atoms with Crippen LogP contribution in [-0.2, 0) is 11.3 Å². The third-order valence-electron chi connectivity index (χ3n) is 4.19. The predicted molar refractivity (Wildman–Crippen MR) is 104 cm³/mol. The van der Waals surface area contributed by atoms with Crippen molar-refractivity contribution in [3.63, 3.8) is 0 Å². The molecule has 0 aliphatic rings. The number of hydrogen-bond donors (Lipinski definition) is 1. The number of hydrogen-bond acceptors (Lipinski definition) is 5. The van der Waals surface area contributed by atoms with E-state index < -0.39 is 6.10 Å². The number of aryl methyl sites for hydroxylation is 2. The first-order chi connectivity index (χ1) is 12.9. The highest BCUT2D eigenvalue weighted by molar-refractivity contribution is 5.80. The SMILES string of the molecule is COc1cc(CNC(=O)[C@@H](C)Oc2ccc(C)cc2C)cc(OC)c1OC. The molecular weight excluding hydrogens is 346 g/mol. The van der Waals surface area contributed by atoms with E-state index in [4.69, 9.17) is 18.9 Å². The number of benzene rings is 2. The average Bonchev–Trinajstić information content (AvgIpc) is 2.66. The molecule has 0 aliphatic carbocycles. The van der Waals surface area contributed by atoms with E-state index in [-0.39, 0.29) is 5.91 Å². The molecule has 2 aromatic carbocycles. The number of carbonyl (C=O) groups excluding carboxylic acids is 1. The van der Waals surface area contributed by atoms with Crippen molar-refractivity contribution < 1.29 is 23.7 Å². The molecule has 2 aromatic rings. The first kappa shape index (κ1) is 20.4. The molecule has 2 rings (SSSR count). The van der Waals surface area contributed by atoms with Crippen molar-refractivity contribution in [3.8, 4) is 23.0 Å². The van der Waals surface area contributed by atoms with Gasteiger partial charge in [-0.3, -0.25) is 4.79 Å². The lowest BCUT2D eigenvalue weighted by atomic mass is 10.1.